The number of rotatable bonds is 3. The number of aromatic nitrogens is 4. The fourth-order valence-corrected chi connectivity index (χ4v) is 3.14. The molecule has 0 atom stereocenters. The van der Waals surface area contributed by atoms with Gasteiger partial charge in [0, 0.05) is 43.2 Å². The van der Waals surface area contributed by atoms with Gasteiger partial charge in [-0.15, -0.1) is 0 Å². The average molecular weight is 370 g/mol. The second kappa shape index (κ2) is 7.21. The van der Waals surface area contributed by atoms with Crippen molar-refractivity contribution in [2.75, 3.05) is 13.1 Å². The number of piperidine rings is 1. The summed E-state index contributed by atoms with van der Waals surface area (Å²) in [6, 6.07) is 7.05. The van der Waals surface area contributed by atoms with Crippen LogP contribution in [0, 0.1) is 0 Å². The zero-order valence-corrected chi connectivity index (χ0v) is 14.6. The van der Waals surface area contributed by atoms with E-state index in [1.807, 2.05) is 17.0 Å². The van der Waals surface area contributed by atoms with Gasteiger partial charge in [-0.25, -0.2) is 4.98 Å². The molecule has 1 fully saturated rings. The molecule has 4 rings (SSSR count). The molecule has 0 unspecified atom stereocenters. The first-order chi connectivity index (χ1) is 12.7. The van der Waals surface area contributed by atoms with Gasteiger partial charge in [-0.2, -0.15) is 4.98 Å². The van der Waals surface area contributed by atoms with Crippen LogP contribution in [0.1, 0.15) is 35.0 Å². The van der Waals surface area contributed by atoms with Crippen LogP contribution < -0.4 is 0 Å². The Morgan fingerprint density at radius 2 is 2.04 bits per heavy atom. The van der Waals surface area contributed by atoms with Crippen molar-refractivity contribution in [3.63, 3.8) is 0 Å². The van der Waals surface area contributed by atoms with E-state index in [-0.39, 0.29) is 11.8 Å². The van der Waals surface area contributed by atoms with Crippen molar-refractivity contribution in [2.45, 2.75) is 18.8 Å². The van der Waals surface area contributed by atoms with Crippen LogP contribution >= 0.6 is 11.6 Å². The largest absolute Gasteiger partial charge is 0.339 e. The quantitative estimate of drug-likeness (QED) is 0.659. The summed E-state index contributed by atoms with van der Waals surface area (Å²) in [5.41, 5.74) is 1.37. The Bertz CT molecular complexity index is 889. The molecular weight excluding hydrogens is 354 g/mol. The van der Waals surface area contributed by atoms with E-state index < -0.39 is 0 Å². The molecule has 4 heterocycles. The second-order valence-corrected chi connectivity index (χ2v) is 6.52. The van der Waals surface area contributed by atoms with E-state index in [2.05, 4.69) is 20.1 Å². The smallest absolute Gasteiger partial charge is 0.255 e. The molecule has 0 N–H and O–H groups in total. The number of halogens is 1. The third-order valence-corrected chi connectivity index (χ3v) is 4.69. The number of pyridine rings is 2. The van der Waals surface area contributed by atoms with E-state index in [9.17, 15) is 4.79 Å². The lowest BCUT2D eigenvalue weighted by Crippen LogP contribution is -2.38. The van der Waals surface area contributed by atoms with Crippen LogP contribution in [0.5, 0.6) is 0 Å². The third kappa shape index (κ3) is 3.43. The number of hydrogen-bond acceptors (Lipinski definition) is 6. The molecule has 0 spiro atoms. The molecule has 7 nitrogen and oxygen atoms in total. The number of hydrogen-bond donors (Lipinski definition) is 0. The highest BCUT2D eigenvalue weighted by molar-refractivity contribution is 6.29. The van der Waals surface area contributed by atoms with Crippen LogP contribution in [0.25, 0.3) is 11.4 Å². The summed E-state index contributed by atoms with van der Waals surface area (Å²) >= 11 is 5.77. The van der Waals surface area contributed by atoms with Crippen molar-refractivity contribution in [1.29, 1.82) is 0 Å². The van der Waals surface area contributed by atoms with E-state index in [1.54, 1.807) is 24.5 Å². The van der Waals surface area contributed by atoms with Gasteiger partial charge in [0.1, 0.15) is 5.15 Å². The minimum Gasteiger partial charge on any atom is -0.339 e. The summed E-state index contributed by atoms with van der Waals surface area (Å²) in [5.74, 6) is 1.28. The van der Waals surface area contributed by atoms with E-state index in [0.717, 1.165) is 18.4 Å². The van der Waals surface area contributed by atoms with Crippen LogP contribution in [0.3, 0.4) is 0 Å². The summed E-state index contributed by atoms with van der Waals surface area (Å²) in [4.78, 5) is 26.9. The lowest BCUT2D eigenvalue weighted by atomic mass is 9.96. The highest BCUT2D eigenvalue weighted by atomic mass is 35.5. The van der Waals surface area contributed by atoms with Gasteiger partial charge in [0.05, 0.1) is 5.56 Å². The molecule has 1 aliphatic rings. The van der Waals surface area contributed by atoms with Crippen molar-refractivity contribution < 1.29 is 9.32 Å². The van der Waals surface area contributed by atoms with Crippen molar-refractivity contribution in [2.24, 2.45) is 0 Å². The van der Waals surface area contributed by atoms with Crippen LogP contribution in [-0.2, 0) is 0 Å². The van der Waals surface area contributed by atoms with Gasteiger partial charge in [-0.3, -0.25) is 9.78 Å². The van der Waals surface area contributed by atoms with Gasteiger partial charge in [0.2, 0.25) is 11.7 Å². The summed E-state index contributed by atoms with van der Waals surface area (Å²) in [6.45, 7) is 1.27. The topological polar surface area (TPSA) is 85.0 Å². The van der Waals surface area contributed by atoms with Crippen LogP contribution in [0.2, 0.25) is 5.15 Å². The van der Waals surface area contributed by atoms with Crippen molar-refractivity contribution in [3.8, 4) is 11.4 Å². The molecule has 3 aromatic heterocycles. The molecule has 0 bridgehead atoms. The maximum absolute atomic E-state index is 12.5. The fraction of sp³-hybridized carbons (Fsp3) is 0.278. The average Bonchev–Trinajstić information content (AvgIpc) is 3.19. The van der Waals surface area contributed by atoms with Gasteiger partial charge in [-0.05, 0) is 37.1 Å². The Kier molecular flexibility index (Phi) is 4.62. The van der Waals surface area contributed by atoms with E-state index in [0.29, 0.717) is 35.5 Å². The Labute approximate surface area is 155 Å². The number of carbonyl (C=O) groups excluding carboxylic acids is 1. The monoisotopic (exact) mass is 369 g/mol. The molecule has 0 aliphatic carbocycles. The first-order valence-electron chi connectivity index (χ1n) is 8.35. The highest BCUT2D eigenvalue weighted by Crippen LogP contribution is 2.29. The number of carbonyl (C=O) groups is 1. The fourth-order valence-electron chi connectivity index (χ4n) is 3.03. The first-order valence-corrected chi connectivity index (χ1v) is 8.73. The standard InChI is InChI=1S/C18H16ClN5O2/c19-15-4-3-14(11-21-15)18(25)24-8-5-12(6-9-24)17-22-16(23-26-17)13-2-1-7-20-10-13/h1-4,7,10-12H,5-6,8-9H2. The number of nitrogens with zero attached hydrogens (tertiary/aromatic N) is 5. The Balaban J connectivity index is 1.40. The molecule has 3 aromatic rings. The molecule has 1 aliphatic heterocycles. The van der Waals surface area contributed by atoms with Crippen LogP contribution in [-0.4, -0.2) is 44.0 Å². The molecular formula is C18H16ClN5O2. The Morgan fingerprint density at radius 3 is 2.73 bits per heavy atom. The second-order valence-electron chi connectivity index (χ2n) is 6.13. The molecule has 8 heteroatoms. The maximum atomic E-state index is 12.5. The lowest BCUT2D eigenvalue weighted by Gasteiger charge is -2.30. The molecule has 0 aromatic carbocycles. The zero-order valence-electron chi connectivity index (χ0n) is 13.9. The SMILES string of the molecule is O=C(c1ccc(Cl)nc1)N1CCC(c2nc(-c3cccnc3)no2)CC1. The minimum atomic E-state index is -0.0332. The maximum Gasteiger partial charge on any atom is 0.255 e. The molecule has 0 radical (unpaired) electrons. The van der Waals surface area contributed by atoms with E-state index >= 15 is 0 Å². The Hall–Kier alpha value is -2.80. The third-order valence-electron chi connectivity index (χ3n) is 4.47. The normalized spacial score (nSPS) is 15.2. The highest BCUT2D eigenvalue weighted by Gasteiger charge is 2.28. The number of amides is 1. The van der Waals surface area contributed by atoms with Crippen molar-refractivity contribution in [1.82, 2.24) is 25.0 Å². The van der Waals surface area contributed by atoms with Crippen molar-refractivity contribution in [3.05, 3.63) is 59.5 Å². The van der Waals surface area contributed by atoms with E-state index in [4.69, 9.17) is 16.1 Å². The molecule has 1 amide bonds. The Morgan fingerprint density at radius 1 is 1.19 bits per heavy atom. The zero-order chi connectivity index (χ0) is 17.9. The van der Waals surface area contributed by atoms with Crippen LogP contribution in [0.15, 0.2) is 47.4 Å². The summed E-state index contributed by atoms with van der Waals surface area (Å²) in [6.07, 6.45) is 6.47. The molecule has 132 valence electrons. The lowest BCUT2D eigenvalue weighted by molar-refractivity contribution is 0.0704. The molecule has 1 saturated heterocycles. The van der Waals surface area contributed by atoms with Gasteiger partial charge >= 0.3 is 0 Å². The summed E-state index contributed by atoms with van der Waals surface area (Å²) in [7, 11) is 0. The molecule has 0 saturated carbocycles. The van der Waals surface area contributed by atoms with Gasteiger partial charge in [0.25, 0.3) is 5.91 Å². The van der Waals surface area contributed by atoms with Gasteiger partial charge < -0.3 is 9.42 Å². The number of likely N-dealkylation sites (tertiary alicyclic amines) is 1. The van der Waals surface area contributed by atoms with Gasteiger partial charge in [-0.1, -0.05) is 16.8 Å². The molecule has 26 heavy (non-hydrogen) atoms. The van der Waals surface area contributed by atoms with Crippen molar-refractivity contribution >= 4 is 17.5 Å². The van der Waals surface area contributed by atoms with Crippen LogP contribution in [0.4, 0.5) is 0 Å². The predicted molar refractivity (Wildman–Crippen MR) is 94.7 cm³/mol. The minimum absolute atomic E-state index is 0.0332. The summed E-state index contributed by atoms with van der Waals surface area (Å²) < 4.78 is 5.44. The van der Waals surface area contributed by atoms with Gasteiger partial charge in [0.15, 0.2) is 0 Å². The van der Waals surface area contributed by atoms with E-state index in [1.165, 1.54) is 6.20 Å². The first kappa shape index (κ1) is 16.7. The predicted octanol–water partition coefficient (Wildman–Crippen LogP) is 3.20. The summed E-state index contributed by atoms with van der Waals surface area (Å²) in [5, 5.41) is 4.42.